The minimum atomic E-state index is 0. The van der Waals surface area contributed by atoms with E-state index in [1.165, 1.54) is 5.69 Å². The molecule has 1 aliphatic heterocycles. The SMILES string of the molecule is CCCNC(=NC)NCCC(=O)N1CCN(c2ccccc2)CC1.I. The van der Waals surface area contributed by atoms with Crippen LogP contribution in [0.5, 0.6) is 0 Å². The average Bonchev–Trinajstić information content (AvgIpc) is 2.65. The Bertz CT molecular complexity index is 530. The van der Waals surface area contributed by atoms with Crippen LogP contribution in [0.15, 0.2) is 35.3 Å². The lowest BCUT2D eigenvalue weighted by Gasteiger charge is -2.36. The quantitative estimate of drug-likeness (QED) is 0.388. The van der Waals surface area contributed by atoms with Gasteiger partial charge in [-0.05, 0) is 18.6 Å². The minimum Gasteiger partial charge on any atom is -0.368 e. The number of piperazine rings is 1. The van der Waals surface area contributed by atoms with Crippen LogP contribution in [0.25, 0.3) is 0 Å². The number of guanidine groups is 1. The second kappa shape index (κ2) is 11.9. The van der Waals surface area contributed by atoms with E-state index in [0.29, 0.717) is 13.0 Å². The molecule has 0 unspecified atom stereocenters. The summed E-state index contributed by atoms with van der Waals surface area (Å²) in [5.41, 5.74) is 1.23. The van der Waals surface area contributed by atoms with Gasteiger partial charge >= 0.3 is 0 Å². The predicted octanol–water partition coefficient (Wildman–Crippen LogP) is 1.92. The number of hydrogen-bond acceptors (Lipinski definition) is 3. The van der Waals surface area contributed by atoms with E-state index in [1.807, 2.05) is 11.0 Å². The Morgan fingerprint density at radius 2 is 1.72 bits per heavy atom. The van der Waals surface area contributed by atoms with Crippen molar-refractivity contribution in [2.75, 3.05) is 51.2 Å². The summed E-state index contributed by atoms with van der Waals surface area (Å²) < 4.78 is 0. The van der Waals surface area contributed by atoms with Gasteiger partial charge in [-0.25, -0.2) is 0 Å². The maximum absolute atomic E-state index is 12.3. The maximum atomic E-state index is 12.3. The molecule has 1 aliphatic rings. The minimum absolute atomic E-state index is 0. The molecule has 0 aromatic heterocycles. The molecule has 0 atom stereocenters. The number of benzene rings is 1. The number of halogens is 1. The Hall–Kier alpha value is -1.51. The predicted molar refractivity (Wildman–Crippen MR) is 115 cm³/mol. The monoisotopic (exact) mass is 459 g/mol. The van der Waals surface area contributed by atoms with Crippen molar-refractivity contribution < 1.29 is 4.79 Å². The first-order chi connectivity index (χ1) is 11.7. The molecule has 0 radical (unpaired) electrons. The first kappa shape index (κ1) is 21.5. The van der Waals surface area contributed by atoms with Gasteiger partial charge in [0.2, 0.25) is 5.91 Å². The number of para-hydroxylation sites is 1. The van der Waals surface area contributed by atoms with E-state index in [1.54, 1.807) is 7.05 Å². The highest BCUT2D eigenvalue weighted by molar-refractivity contribution is 14.0. The molecule has 1 aromatic rings. The molecule has 0 aliphatic carbocycles. The van der Waals surface area contributed by atoms with Crippen molar-refractivity contribution in [1.82, 2.24) is 15.5 Å². The van der Waals surface area contributed by atoms with Gasteiger partial charge in [-0.3, -0.25) is 9.79 Å². The highest BCUT2D eigenvalue weighted by Crippen LogP contribution is 2.15. The lowest BCUT2D eigenvalue weighted by Crippen LogP contribution is -2.49. The number of rotatable bonds is 6. The first-order valence-corrected chi connectivity index (χ1v) is 8.77. The van der Waals surface area contributed by atoms with Gasteiger partial charge in [0.1, 0.15) is 0 Å². The van der Waals surface area contributed by atoms with E-state index in [2.05, 4.69) is 51.7 Å². The molecule has 0 spiro atoms. The number of aliphatic imine (C=N–C) groups is 1. The van der Waals surface area contributed by atoms with Crippen molar-refractivity contribution >= 4 is 41.5 Å². The lowest BCUT2D eigenvalue weighted by molar-refractivity contribution is -0.131. The van der Waals surface area contributed by atoms with E-state index in [-0.39, 0.29) is 29.9 Å². The van der Waals surface area contributed by atoms with Crippen molar-refractivity contribution in [2.24, 2.45) is 4.99 Å². The molecule has 140 valence electrons. The summed E-state index contributed by atoms with van der Waals surface area (Å²) in [5.74, 6) is 0.972. The summed E-state index contributed by atoms with van der Waals surface area (Å²) in [6, 6.07) is 10.4. The van der Waals surface area contributed by atoms with Crippen molar-refractivity contribution in [1.29, 1.82) is 0 Å². The molecule has 0 bridgehead atoms. The molecule has 6 nitrogen and oxygen atoms in total. The van der Waals surface area contributed by atoms with E-state index in [9.17, 15) is 4.79 Å². The van der Waals surface area contributed by atoms with Crippen LogP contribution in [-0.4, -0.2) is 63.1 Å². The second-order valence-electron chi connectivity index (χ2n) is 5.88. The van der Waals surface area contributed by atoms with Gasteiger partial charge in [-0.2, -0.15) is 0 Å². The van der Waals surface area contributed by atoms with Crippen molar-refractivity contribution in [2.45, 2.75) is 19.8 Å². The molecule has 25 heavy (non-hydrogen) atoms. The molecule has 0 saturated carbocycles. The average molecular weight is 459 g/mol. The summed E-state index contributed by atoms with van der Waals surface area (Å²) in [4.78, 5) is 20.8. The second-order valence-corrected chi connectivity index (χ2v) is 5.88. The van der Waals surface area contributed by atoms with Gasteiger partial charge in [0.05, 0.1) is 0 Å². The van der Waals surface area contributed by atoms with Crippen molar-refractivity contribution in [3.05, 3.63) is 30.3 Å². The highest BCUT2D eigenvalue weighted by Gasteiger charge is 2.20. The third kappa shape index (κ3) is 7.09. The molecule has 1 amide bonds. The topological polar surface area (TPSA) is 60.0 Å². The van der Waals surface area contributed by atoms with Gasteiger partial charge in [0, 0.05) is 58.4 Å². The van der Waals surface area contributed by atoms with E-state index < -0.39 is 0 Å². The molecule has 2 rings (SSSR count). The largest absolute Gasteiger partial charge is 0.368 e. The number of nitrogens with one attached hydrogen (secondary N) is 2. The molecule has 1 aromatic carbocycles. The van der Waals surface area contributed by atoms with Crippen LogP contribution in [-0.2, 0) is 4.79 Å². The third-order valence-electron chi connectivity index (χ3n) is 4.15. The van der Waals surface area contributed by atoms with Crippen LogP contribution < -0.4 is 15.5 Å². The molecule has 2 N–H and O–H groups in total. The zero-order valence-corrected chi connectivity index (χ0v) is 17.5. The summed E-state index contributed by atoms with van der Waals surface area (Å²) >= 11 is 0. The van der Waals surface area contributed by atoms with E-state index >= 15 is 0 Å². The normalized spacial score (nSPS) is 14.7. The van der Waals surface area contributed by atoms with Crippen LogP contribution >= 0.6 is 24.0 Å². The number of anilines is 1. The van der Waals surface area contributed by atoms with Gasteiger partial charge in [-0.1, -0.05) is 25.1 Å². The highest BCUT2D eigenvalue weighted by atomic mass is 127. The summed E-state index contributed by atoms with van der Waals surface area (Å²) in [7, 11) is 1.75. The maximum Gasteiger partial charge on any atom is 0.224 e. The van der Waals surface area contributed by atoms with Crippen molar-refractivity contribution in [3.8, 4) is 0 Å². The Morgan fingerprint density at radius 3 is 2.32 bits per heavy atom. The number of carbonyl (C=O) groups excluding carboxylic acids is 1. The molecule has 1 fully saturated rings. The molecule has 7 heteroatoms. The summed E-state index contributed by atoms with van der Waals surface area (Å²) in [6.07, 6.45) is 1.55. The number of carbonyl (C=O) groups is 1. The molecule has 1 heterocycles. The lowest BCUT2D eigenvalue weighted by atomic mass is 10.2. The third-order valence-corrected chi connectivity index (χ3v) is 4.15. The Morgan fingerprint density at radius 1 is 1.08 bits per heavy atom. The molecular weight excluding hydrogens is 429 g/mol. The van der Waals surface area contributed by atoms with Crippen LogP contribution in [0.3, 0.4) is 0 Å². The van der Waals surface area contributed by atoms with E-state index in [4.69, 9.17) is 0 Å². The van der Waals surface area contributed by atoms with Gasteiger partial charge < -0.3 is 20.4 Å². The Kier molecular flexibility index (Phi) is 10.3. The fraction of sp³-hybridized carbons (Fsp3) is 0.556. The number of hydrogen-bond donors (Lipinski definition) is 2. The zero-order valence-electron chi connectivity index (χ0n) is 15.2. The summed E-state index contributed by atoms with van der Waals surface area (Å²) in [6.45, 7) is 6.97. The van der Waals surface area contributed by atoms with Gasteiger partial charge in [-0.15, -0.1) is 24.0 Å². The molecular formula is C18H30IN5O. The standard InChI is InChI=1S/C18H29N5O.HI/c1-3-10-20-18(19-2)21-11-9-17(24)23-14-12-22(13-15-23)16-7-5-4-6-8-16;/h4-8H,3,9-15H2,1-2H3,(H2,19,20,21);1H. The van der Waals surface area contributed by atoms with Crippen LogP contribution in [0.4, 0.5) is 5.69 Å². The smallest absolute Gasteiger partial charge is 0.224 e. The zero-order chi connectivity index (χ0) is 17.2. The number of nitrogens with zero attached hydrogens (tertiary/aromatic N) is 3. The first-order valence-electron chi connectivity index (χ1n) is 8.77. The van der Waals surface area contributed by atoms with Crippen LogP contribution in [0, 0.1) is 0 Å². The van der Waals surface area contributed by atoms with Crippen molar-refractivity contribution in [3.63, 3.8) is 0 Å². The fourth-order valence-electron chi connectivity index (χ4n) is 2.76. The van der Waals surface area contributed by atoms with Gasteiger partial charge in [0.25, 0.3) is 0 Å². The van der Waals surface area contributed by atoms with Gasteiger partial charge in [0.15, 0.2) is 5.96 Å². The Labute approximate surface area is 168 Å². The van der Waals surface area contributed by atoms with Crippen LogP contribution in [0.2, 0.25) is 0 Å². The van der Waals surface area contributed by atoms with Crippen LogP contribution in [0.1, 0.15) is 19.8 Å². The Balaban J connectivity index is 0.00000312. The van der Waals surface area contributed by atoms with E-state index in [0.717, 1.165) is 45.1 Å². The number of amides is 1. The molecule has 1 saturated heterocycles. The summed E-state index contributed by atoms with van der Waals surface area (Å²) in [5, 5.41) is 6.39. The fourth-order valence-corrected chi connectivity index (χ4v) is 2.76.